The fourth-order valence-electron chi connectivity index (χ4n) is 2.03. The summed E-state index contributed by atoms with van der Waals surface area (Å²) in [6, 6.07) is 4.97. The van der Waals surface area contributed by atoms with Gasteiger partial charge in [0.25, 0.3) is 0 Å². The molecule has 0 bridgehead atoms. The fourth-order valence-corrected chi connectivity index (χ4v) is 3.83. The zero-order chi connectivity index (χ0) is 13.3. The summed E-state index contributed by atoms with van der Waals surface area (Å²) < 4.78 is 22.7. The lowest BCUT2D eigenvalue weighted by Crippen LogP contribution is -2.32. The van der Waals surface area contributed by atoms with Gasteiger partial charge in [0.05, 0.1) is 16.3 Å². The van der Waals surface area contributed by atoms with E-state index in [1.54, 1.807) is 12.1 Å². The summed E-state index contributed by atoms with van der Waals surface area (Å²) in [4.78, 5) is 2.15. The van der Waals surface area contributed by atoms with Crippen molar-refractivity contribution >= 4 is 33.2 Å². The van der Waals surface area contributed by atoms with Crippen molar-refractivity contribution in [1.29, 1.82) is 0 Å². The van der Waals surface area contributed by atoms with E-state index in [-0.39, 0.29) is 4.90 Å². The molecule has 5 nitrogen and oxygen atoms in total. The number of thioether (sulfide) groups is 1. The van der Waals surface area contributed by atoms with E-state index in [1.165, 1.54) is 6.07 Å². The van der Waals surface area contributed by atoms with E-state index in [1.807, 2.05) is 23.7 Å². The number of hydrogen-bond donors (Lipinski definition) is 2. The van der Waals surface area contributed by atoms with Gasteiger partial charge in [0, 0.05) is 18.8 Å². The molecule has 0 aromatic heterocycles. The van der Waals surface area contributed by atoms with E-state index in [0.29, 0.717) is 11.7 Å². The topological polar surface area (TPSA) is 89.4 Å². The first-order chi connectivity index (χ1) is 8.39. The number of primary sulfonamides is 1. The normalized spacial score (nSPS) is 20.0. The number of rotatable bonds is 3. The molecule has 0 radical (unpaired) electrons. The lowest BCUT2D eigenvalue weighted by molar-refractivity contribution is 0.597. The second-order valence-electron chi connectivity index (χ2n) is 4.39. The molecule has 100 valence electrons. The van der Waals surface area contributed by atoms with Gasteiger partial charge in [-0.05, 0) is 30.4 Å². The highest BCUT2D eigenvalue weighted by molar-refractivity contribution is 7.99. The zero-order valence-corrected chi connectivity index (χ0v) is 11.8. The Bertz CT molecular complexity index is 539. The van der Waals surface area contributed by atoms with Crippen LogP contribution < -0.4 is 15.8 Å². The number of benzene rings is 1. The summed E-state index contributed by atoms with van der Waals surface area (Å²) in [5.74, 6) is 2.17. The van der Waals surface area contributed by atoms with Gasteiger partial charge in [-0.3, -0.25) is 0 Å². The minimum absolute atomic E-state index is 0.101. The molecule has 1 aromatic carbocycles. The molecule has 0 aliphatic carbocycles. The molecule has 1 saturated heterocycles. The van der Waals surface area contributed by atoms with Crippen LogP contribution >= 0.6 is 11.8 Å². The highest BCUT2D eigenvalue weighted by Gasteiger charge is 2.22. The number of nitrogens with two attached hydrogens (primary N) is 2. The third-order valence-corrected chi connectivity index (χ3v) is 5.22. The zero-order valence-electron chi connectivity index (χ0n) is 10.2. The van der Waals surface area contributed by atoms with Crippen molar-refractivity contribution in [2.75, 3.05) is 29.2 Å². The fraction of sp³-hybridized carbons (Fsp3) is 0.455. The summed E-state index contributed by atoms with van der Waals surface area (Å²) in [5.41, 5.74) is 7.22. The smallest absolute Gasteiger partial charge is 0.238 e. The van der Waals surface area contributed by atoms with E-state index in [2.05, 4.69) is 0 Å². The summed E-state index contributed by atoms with van der Waals surface area (Å²) >= 11 is 1.90. The Morgan fingerprint density at radius 1 is 1.44 bits per heavy atom. The molecule has 1 aliphatic heterocycles. The largest absolute Gasteiger partial charge is 0.397 e. The predicted octanol–water partition coefficient (Wildman–Crippen LogP) is 0.858. The maximum Gasteiger partial charge on any atom is 0.238 e. The predicted molar refractivity (Wildman–Crippen MR) is 76.4 cm³/mol. The third kappa shape index (κ3) is 2.73. The van der Waals surface area contributed by atoms with Crippen molar-refractivity contribution in [3.05, 3.63) is 18.2 Å². The van der Waals surface area contributed by atoms with Crippen molar-refractivity contribution in [3.8, 4) is 0 Å². The van der Waals surface area contributed by atoms with Gasteiger partial charge in [-0.2, -0.15) is 11.8 Å². The molecule has 1 heterocycles. The second-order valence-corrected chi connectivity index (χ2v) is 7.11. The van der Waals surface area contributed by atoms with Crippen LogP contribution in [0.1, 0.15) is 6.42 Å². The van der Waals surface area contributed by atoms with Crippen molar-refractivity contribution in [2.24, 2.45) is 5.14 Å². The van der Waals surface area contributed by atoms with E-state index in [9.17, 15) is 8.42 Å². The van der Waals surface area contributed by atoms with E-state index >= 15 is 0 Å². The van der Waals surface area contributed by atoms with Gasteiger partial charge >= 0.3 is 0 Å². The standard InChI is InChI=1S/C11H17N3O2S2/c1-14(8-4-5-17-7-8)11-6-9(18(13,15)16)2-3-10(11)12/h2-3,6,8H,4-5,7,12H2,1H3,(H2,13,15,16). The number of nitrogen functional groups attached to an aromatic ring is 1. The Hall–Kier alpha value is -0.920. The Morgan fingerprint density at radius 2 is 2.17 bits per heavy atom. The highest BCUT2D eigenvalue weighted by atomic mass is 32.2. The molecule has 1 atom stereocenters. The van der Waals surface area contributed by atoms with Crippen LogP contribution in [0.4, 0.5) is 11.4 Å². The summed E-state index contributed by atoms with van der Waals surface area (Å²) in [6.07, 6.45) is 1.08. The van der Waals surface area contributed by atoms with Crippen molar-refractivity contribution < 1.29 is 8.42 Å². The van der Waals surface area contributed by atoms with Crippen LogP contribution in [0.15, 0.2) is 23.1 Å². The van der Waals surface area contributed by atoms with Crippen LogP contribution in [0.3, 0.4) is 0 Å². The van der Waals surface area contributed by atoms with Crippen LogP contribution in [0.5, 0.6) is 0 Å². The van der Waals surface area contributed by atoms with E-state index < -0.39 is 10.0 Å². The molecule has 1 aromatic rings. The molecule has 1 aliphatic rings. The Labute approximate surface area is 112 Å². The summed E-state index contributed by atoms with van der Waals surface area (Å²) in [5, 5.41) is 5.14. The second kappa shape index (κ2) is 4.99. The SMILES string of the molecule is CN(c1cc(S(N)(=O)=O)ccc1N)C1CCSC1. The molecule has 7 heteroatoms. The van der Waals surface area contributed by atoms with E-state index in [0.717, 1.165) is 23.6 Å². The minimum Gasteiger partial charge on any atom is -0.397 e. The van der Waals surface area contributed by atoms with E-state index in [4.69, 9.17) is 10.9 Å². The average Bonchev–Trinajstić information content (AvgIpc) is 2.80. The number of sulfonamides is 1. The van der Waals surface area contributed by atoms with Gasteiger partial charge < -0.3 is 10.6 Å². The molecular weight excluding hydrogens is 270 g/mol. The maximum absolute atomic E-state index is 11.4. The first kappa shape index (κ1) is 13.5. The van der Waals surface area contributed by atoms with Gasteiger partial charge in [0.15, 0.2) is 0 Å². The maximum atomic E-state index is 11.4. The van der Waals surface area contributed by atoms with Crippen LogP contribution in [0.2, 0.25) is 0 Å². The molecule has 18 heavy (non-hydrogen) atoms. The van der Waals surface area contributed by atoms with Gasteiger partial charge in [0.1, 0.15) is 0 Å². The highest BCUT2D eigenvalue weighted by Crippen LogP contribution is 2.31. The lowest BCUT2D eigenvalue weighted by atomic mass is 10.2. The summed E-state index contributed by atoms with van der Waals surface area (Å²) in [6.45, 7) is 0. The molecule has 1 unspecified atom stereocenters. The Kier molecular flexibility index (Phi) is 3.74. The molecular formula is C11H17N3O2S2. The Morgan fingerprint density at radius 3 is 2.72 bits per heavy atom. The van der Waals surface area contributed by atoms with Gasteiger partial charge in [-0.1, -0.05) is 0 Å². The number of anilines is 2. The first-order valence-corrected chi connectivity index (χ1v) is 8.32. The Balaban J connectivity index is 2.37. The molecule has 2 rings (SSSR count). The quantitative estimate of drug-likeness (QED) is 0.805. The van der Waals surface area contributed by atoms with Crippen LogP contribution in [-0.2, 0) is 10.0 Å². The molecule has 0 spiro atoms. The van der Waals surface area contributed by atoms with Crippen molar-refractivity contribution in [1.82, 2.24) is 0 Å². The third-order valence-electron chi connectivity index (χ3n) is 3.16. The lowest BCUT2D eigenvalue weighted by Gasteiger charge is -2.27. The monoisotopic (exact) mass is 287 g/mol. The van der Waals surface area contributed by atoms with Crippen LogP contribution in [0, 0.1) is 0 Å². The van der Waals surface area contributed by atoms with Gasteiger partial charge in [-0.25, -0.2) is 13.6 Å². The van der Waals surface area contributed by atoms with Crippen LogP contribution in [-0.4, -0.2) is 33.0 Å². The average molecular weight is 287 g/mol. The molecule has 0 amide bonds. The first-order valence-electron chi connectivity index (χ1n) is 5.62. The molecule has 0 saturated carbocycles. The molecule has 1 fully saturated rings. The molecule has 4 N–H and O–H groups in total. The van der Waals surface area contributed by atoms with Gasteiger partial charge in [0.2, 0.25) is 10.0 Å². The van der Waals surface area contributed by atoms with Crippen LogP contribution in [0.25, 0.3) is 0 Å². The van der Waals surface area contributed by atoms with Crippen molar-refractivity contribution in [3.63, 3.8) is 0 Å². The number of nitrogens with zero attached hydrogens (tertiary/aromatic N) is 1. The minimum atomic E-state index is -3.69. The number of hydrogen-bond acceptors (Lipinski definition) is 5. The summed E-state index contributed by atoms with van der Waals surface area (Å²) in [7, 11) is -1.75. The van der Waals surface area contributed by atoms with Gasteiger partial charge in [-0.15, -0.1) is 0 Å². The van der Waals surface area contributed by atoms with Crippen molar-refractivity contribution in [2.45, 2.75) is 17.4 Å².